The highest BCUT2D eigenvalue weighted by atomic mass is 79.9. The molecule has 1 aromatic heterocycles. The van der Waals surface area contributed by atoms with Gasteiger partial charge in [0.05, 0.1) is 6.61 Å². The van der Waals surface area contributed by atoms with E-state index in [1.165, 1.54) is 12.1 Å². The molecule has 21 heavy (non-hydrogen) atoms. The molecule has 7 heteroatoms. The van der Waals surface area contributed by atoms with E-state index < -0.39 is 0 Å². The molecule has 108 valence electrons. The predicted molar refractivity (Wildman–Crippen MR) is 81.6 cm³/mol. The second-order valence-corrected chi connectivity index (χ2v) is 5.88. The van der Waals surface area contributed by atoms with E-state index in [0.717, 1.165) is 27.8 Å². The maximum atomic E-state index is 12.0. The molecule has 0 saturated carbocycles. The molecule has 2 aromatic rings. The summed E-state index contributed by atoms with van der Waals surface area (Å²) in [5.74, 6) is 0.562. The van der Waals surface area contributed by atoms with Crippen LogP contribution in [0.1, 0.15) is 21.6 Å². The fraction of sp³-hybridized carbons (Fsp3) is 0.214. The lowest BCUT2D eigenvalue weighted by molar-refractivity contribution is 0.0944. The second kappa shape index (κ2) is 5.99. The molecule has 1 N–H and O–H groups in total. The molecule has 0 radical (unpaired) electrons. The molecule has 0 saturated heterocycles. The largest absolute Gasteiger partial charge is 0.493 e. The molecule has 1 amide bonds. The van der Waals surface area contributed by atoms with E-state index in [1.807, 2.05) is 12.1 Å². The van der Waals surface area contributed by atoms with Crippen molar-refractivity contribution in [1.82, 2.24) is 15.5 Å². The molecule has 0 spiro atoms. The van der Waals surface area contributed by atoms with E-state index >= 15 is 0 Å². The van der Waals surface area contributed by atoms with Crippen LogP contribution in [-0.4, -0.2) is 22.7 Å². The molecular weight excluding hydrogens is 358 g/mol. The van der Waals surface area contributed by atoms with Crippen LogP contribution in [0.4, 0.5) is 0 Å². The van der Waals surface area contributed by atoms with Gasteiger partial charge in [0.2, 0.25) is 0 Å². The van der Waals surface area contributed by atoms with Gasteiger partial charge in [0.1, 0.15) is 5.75 Å². The van der Waals surface area contributed by atoms with Crippen molar-refractivity contribution >= 4 is 33.4 Å². The Hall–Kier alpha value is -1.66. The molecule has 2 heterocycles. The number of nitrogens with one attached hydrogen (secondary N) is 1. The fourth-order valence-electron chi connectivity index (χ4n) is 2.18. The third-order valence-corrected chi connectivity index (χ3v) is 3.79. The van der Waals surface area contributed by atoms with Crippen molar-refractivity contribution in [3.63, 3.8) is 0 Å². The van der Waals surface area contributed by atoms with Gasteiger partial charge in [0.15, 0.2) is 10.8 Å². The van der Waals surface area contributed by atoms with E-state index in [1.54, 1.807) is 0 Å². The van der Waals surface area contributed by atoms with Gasteiger partial charge in [-0.3, -0.25) is 4.79 Å². The number of hydrogen-bond acceptors (Lipinski definition) is 4. The smallest absolute Gasteiger partial charge is 0.272 e. The number of carbonyl (C=O) groups excluding carboxylic acids is 1. The van der Waals surface area contributed by atoms with Crippen LogP contribution in [0, 0.1) is 0 Å². The van der Waals surface area contributed by atoms with Gasteiger partial charge in [0.25, 0.3) is 5.91 Å². The zero-order chi connectivity index (χ0) is 14.8. The van der Waals surface area contributed by atoms with Crippen molar-refractivity contribution in [3.05, 3.63) is 50.7 Å². The van der Waals surface area contributed by atoms with Crippen LogP contribution < -0.4 is 10.1 Å². The molecule has 0 aliphatic carbocycles. The minimum Gasteiger partial charge on any atom is -0.493 e. The van der Waals surface area contributed by atoms with Gasteiger partial charge in [-0.05, 0) is 29.8 Å². The Morgan fingerprint density at radius 1 is 1.38 bits per heavy atom. The lowest BCUT2D eigenvalue weighted by Crippen LogP contribution is -2.24. The summed E-state index contributed by atoms with van der Waals surface area (Å²) in [5, 5.41) is 10.5. The molecule has 3 rings (SSSR count). The molecule has 5 nitrogen and oxygen atoms in total. The fourth-order valence-corrected chi connectivity index (χ4v) is 2.83. The van der Waals surface area contributed by atoms with Crippen molar-refractivity contribution in [1.29, 1.82) is 0 Å². The zero-order valence-corrected chi connectivity index (χ0v) is 13.2. The van der Waals surface area contributed by atoms with E-state index in [0.29, 0.717) is 13.2 Å². The summed E-state index contributed by atoms with van der Waals surface area (Å²) in [7, 11) is 0. The molecule has 1 aliphatic heterocycles. The first-order valence-corrected chi connectivity index (χ1v) is 7.52. The third-order valence-electron chi connectivity index (χ3n) is 3.13. The topological polar surface area (TPSA) is 64.1 Å². The average Bonchev–Trinajstić information content (AvgIpc) is 2.93. The number of nitrogens with zero attached hydrogens (tertiary/aromatic N) is 2. The van der Waals surface area contributed by atoms with Gasteiger partial charge in [-0.15, -0.1) is 10.2 Å². The van der Waals surface area contributed by atoms with Crippen molar-refractivity contribution in [2.75, 3.05) is 6.61 Å². The highest BCUT2D eigenvalue weighted by Gasteiger charge is 2.18. The van der Waals surface area contributed by atoms with Crippen LogP contribution in [0.15, 0.2) is 28.7 Å². The Morgan fingerprint density at radius 3 is 3.00 bits per heavy atom. The van der Waals surface area contributed by atoms with Crippen LogP contribution in [-0.2, 0) is 13.0 Å². The van der Waals surface area contributed by atoms with Crippen molar-refractivity contribution < 1.29 is 9.53 Å². The minimum atomic E-state index is -0.300. The number of benzene rings is 1. The SMILES string of the molecule is O=C(NCc1cc(Br)cc2c1OCC2)c1ccc(Cl)nn1. The maximum absolute atomic E-state index is 12.0. The molecule has 1 aromatic carbocycles. The molecule has 0 unspecified atom stereocenters. The Labute approximate surface area is 134 Å². The van der Waals surface area contributed by atoms with E-state index in [4.69, 9.17) is 16.3 Å². The number of rotatable bonds is 3. The first-order valence-electron chi connectivity index (χ1n) is 6.35. The first kappa shape index (κ1) is 14.3. The normalized spacial score (nSPS) is 12.7. The molecule has 1 aliphatic rings. The standard InChI is InChI=1S/C14H11BrClN3O2/c15-10-5-8-3-4-21-13(8)9(6-10)7-17-14(20)11-1-2-12(16)19-18-11/h1-2,5-6H,3-4,7H2,(H,17,20). The monoisotopic (exact) mass is 367 g/mol. The number of amides is 1. The number of hydrogen-bond donors (Lipinski definition) is 1. The molecule has 0 bridgehead atoms. The van der Waals surface area contributed by atoms with E-state index in [2.05, 4.69) is 31.4 Å². The summed E-state index contributed by atoms with van der Waals surface area (Å²) in [6.07, 6.45) is 0.887. The summed E-state index contributed by atoms with van der Waals surface area (Å²) in [4.78, 5) is 12.0. The van der Waals surface area contributed by atoms with Gasteiger partial charge in [-0.2, -0.15) is 0 Å². The molecule has 0 fully saturated rings. The lowest BCUT2D eigenvalue weighted by Gasteiger charge is -2.10. The van der Waals surface area contributed by atoms with Gasteiger partial charge in [0, 0.05) is 23.0 Å². The van der Waals surface area contributed by atoms with Crippen LogP contribution >= 0.6 is 27.5 Å². The van der Waals surface area contributed by atoms with Crippen LogP contribution in [0.25, 0.3) is 0 Å². The van der Waals surface area contributed by atoms with E-state index in [9.17, 15) is 4.79 Å². The van der Waals surface area contributed by atoms with E-state index in [-0.39, 0.29) is 16.8 Å². The number of carbonyl (C=O) groups is 1. The van der Waals surface area contributed by atoms with Gasteiger partial charge >= 0.3 is 0 Å². The zero-order valence-electron chi connectivity index (χ0n) is 10.9. The van der Waals surface area contributed by atoms with Gasteiger partial charge in [-0.25, -0.2) is 0 Å². The molecule has 0 atom stereocenters. The molecular formula is C14H11BrClN3O2. The quantitative estimate of drug-likeness (QED) is 0.905. The Balaban J connectivity index is 1.73. The number of ether oxygens (including phenoxy) is 1. The summed E-state index contributed by atoms with van der Waals surface area (Å²) < 4.78 is 6.60. The second-order valence-electron chi connectivity index (χ2n) is 4.58. The highest BCUT2D eigenvalue weighted by molar-refractivity contribution is 9.10. The van der Waals surface area contributed by atoms with Crippen molar-refractivity contribution in [2.24, 2.45) is 0 Å². The number of fused-ring (bicyclic) bond motifs is 1. The predicted octanol–water partition coefficient (Wildman–Crippen LogP) is 2.76. The Bertz CT molecular complexity index is 691. The van der Waals surface area contributed by atoms with Crippen molar-refractivity contribution in [2.45, 2.75) is 13.0 Å². The first-order chi connectivity index (χ1) is 10.1. The maximum Gasteiger partial charge on any atom is 0.272 e. The van der Waals surface area contributed by atoms with Crippen LogP contribution in [0.3, 0.4) is 0 Å². The van der Waals surface area contributed by atoms with Gasteiger partial charge < -0.3 is 10.1 Å². The average molecular weight is 369 g/mol. The lowest BCUT2D eigenvalue weighted by atomic mass is 10.1. The summed E-state index contributed by atoms with van der Waals surface area (Å²) >= 11 is 9.11. The summed E-state index contributed by atoms with van der Waals surface area (Å²) in [6, 6.07) is 7.05. The summed E-state index contributed by atoms with van der Waals surface area (Å²) in [5.41, 5.74) is 2.32. The Morgan fingerprint density at radius 2 is 2.24 bits per heavy atom. The number of aromatic nitrogens is 2. The number of halogens is 2. The minimum absolute atomic E-state index is 0.229. The van der Waals surface area contributed by atoms with Crippen molar-refractivity contribution in [3.8, 4) is 5.75 Å². The summed E-state index contributed by atoms with van der Waals surface area (Å²) in [6.45, 7) is 1.04. The Kier molecular flexibility index (Phi) is 4.07. The van der Waals surface area contributed by atoms with Gasteiger partial charge in [-0.1, -0.05) is 27.5 Å². The van der Waals surface area contributed by atoms with Crippen LogP contribution in [0.2, 0.25) is 5.15 Å². The highest BCUT2D eigenvalue weighted by Crippen LogP contribution is 2.32. The van der Waals surface area contributed by atoms with Crippen LogP contribution in [0.5, 0.6) is 5.75 Å². The third kappa shape index (κ3) is 3.16.